The molecule has 2 aromatic carbocycles. The highest BCUT2D eigenvalue weighted by Gasteiger charge is 2.54. The maximum absolute atomic E-state index is 16.5. The van der Waals surface area contributed by atoms with Gasteiger partial charge in [-0.3, -0.25) is 9.59 Å². The average Bonchev–Trinajstić information content (AvgIpc) is 3.41. The van der Waals surface area contributed by atoms with Crippen LogP contribution in [0.3, 0.4) is 0 Å². The molecule has 1 saturated heterocycles. The van der Waals surface area contributed by atoms with Crippen molar-refractivity contribution >= 4 is 23.5 Å². The van der Waals surface area contributed by atoms with E-state index in [0.717, 1.165) is 4.90 Å². The van der Waals surface area contributed by atoms with E-state index in [1.54, 1.807) is 60.2 Å². The number of para-hydroxylation sites is 1. The molecule has 42 heavy (non-hydrogen) atoms. The van der Waals surface area contributed by atoms with Gasteiger partial charge in [0.2, 0.25) is 0 Å². The summed E-state index contributed by atoms with van der Waals surface area (Å²) in [5, 5.41) is 0.393. The van der Waals surface area contributed by atoms with Gasteiger partial charge < -0.3 is 28.4 Å². The number of methoxy groups -OCH3 is 2. The first-order valence-electron chi connectivity index (χ1n) is 13.9. The molecule has 0 bridgehead atoms. The van der Waals surface area contributed by atoms with E-state index < -0.39 is 24.0 Å². The lowest BCUT2D eigenvalue weighted by Gasteiger charge is -2.36. The van der Waals surface area contributed by atoms with Crippen molar-refractivity contribution in [3.8, 4) is 17.2 Å². The van der Waals surface area contributed by atoms with E-state index >= 15 is 8.78 Å². The number of rotatable bonds is 8. The van der Waals surface area contributed by atoms with Gasteiger partial charge in [0.05, 0.1) is 32.2 Å². The zero-order valence-electron chi connectivity index (χ0n) is 23.6. The van der Waals surface area contributed by atoms with Gasteiger partial charge in [-0.25, -0.2) is 0 Å². The minimum Gasteiger partial charge on any atom is -0.493 e. The van der Waals surface area contributed by atoms with Crippen LogP contribution in [0.2, 0.25) is 5.02 Å². The minimum absolute atomic E-state index is 0.0303. The third-order valence-corrected chi connectivity index (χ3v) is 8.08. The number of alkyl halides is 2. The summed E-state index contributed by atoms with van der Waals surface area (Å²) in [7, 11) is 2.94. The predicted octanol–water partition coefficient (Wildman–Crippen LogP) is 6.14. The van der Waals surface area contributed by atoms with Crippen molar-refractivity contribution in [1.29, 1.82) is 0 Å². The normalized spacial score (nSPS) is 19.0. The molecule has 224 valence electrons. The van der Waals surface area contributed by atoms with Crippen LogP contribution in [0.1, 0.15) is 55.2 Å². The van der Waals surface area contributed by atoms with E-state index in [2.05, 4.69) is 0 Å². The van der Waals surface area contributed by atoms with E-state index in [-0.39, 0.29) is 43.7 Å². The van der Waals surface area contributed by atoms with Crippen molar-refractivity contribution in [1.82, 2.24) is 9.47 Å². The molecule has 1 aromatic heterocycles. The number of hydrogen-bond acceptors (Lipinski definition) is 6. The first kappa shape index (κ1) is 29.8. The standard InChI is InChI=1S/C31H33ClF2N2O6/c1-4-41-26(37)17-19-12-15-35(16-13-19)30(38)31(33,34)29-24-8-6-14-36(24)23-11-10-20(32)18-22(23)27(42-29)21-7-5-9-25(39-2)28(21)40-3/h5-11,14,18-19,27,29H,4,12-13,15-17H2,1-3H3/t27-,29+/m1/s1. The number of carbonyl (C=O) groups excluding carboxylic acids is 2. The topological polar surface area (TPSA) is 79.2 Å². The Labute approximate surface area is 248 Å². The number of likely N-dealkylation sites (tertiary alicyclic amines) is 1. The Morgan fingerprint density at radius 3 is 2.50 bits per heavy atom. The van der Waals surface area contributed by atoms with Gasteiger partial charge in [-0.05, 0) is 62.1 Å². The highest BCUT2D eigenvalue weighted by Crippen LogP contribution is 2.49. The minimum atomic E-state index is -3.93. The summed E-state index contributed by atoms with van der Waals surface area (Å²) in [5.41, 5.74) is 1.68. The van der Waals surface area contributed by atoms with Crippen LogP contribution in [0, 0.1) is 5.92 Å². The largest absolute Gasteiger partial charge is 0.493 e. The van der Waals surface area contributed by atoms with Crippen LogP contribution >= 0.6 is 11.6 Å². The number of esters is 1. The average molecular weight is 603 g/mol. The summed E-state index contributed by atoms with van der Waals surface area (Å²) in [6.07, 6.45) is -0.305. The number of carbonyl (C=O) groups is 2. The Kier molecular flexibility index (Phi) is 8.75. The Morgan fingerprint density at radius 1 is 1.05 bits per heavy atom. The second-order valence-electron chi connectivity index (χ2n) is 10.4. The maximum Gasteiger partial charge on any atom is 0.355 e. The first-order chi connectivity index (χ1) is 20.2. The van der Waals surface area contributed by atoms with Crippen LogP contribution in [0.5, 0.6) is 11.5 Å². The number of amides is 1. The summed E-state index contributed by atoms with van der Waals surface area (Å²) in [6.45, 7) is 2.23. The third kappa shape index (κ3) is 5.57. The van der Waals surface area contributed by atoms with Gasteiger partial charge in [-0.2, -0.15) is 8.78 Å². The fourth-order valence-electron chi connectivity index (χ4n) is 5.81. The Morgan fingerprint density at radius 2 is 1.81 bits per heavy atom. The van der Waals surface area contributed by atoms with Crippen LogP contribution in [-0.2, 0) is 19.1 Å². The number of piperidine rings is 1. The number of hydrogen-bond donors (Lipinski definition) is 0. The number of halogens is 3. The monoisotopic (exact) mass is 602 g/mol. The first-order valence-corrected chi connectivity index (χ1v) is 14.2. The molecule has 5 rings (SSSR count). The summed E-state index contributed by atoms with van der Waals surface area (Å²) in [5.74, 6) is -4.89. The molecule has 0 spiro atoms. The summed E-state index contributed by atoms with van der Waals surface area (Å²) in [4.78, 5) is 26.6. The van der Waals surface area contributed by atoms with Crippen LogP contribution in [0.4, 0.5) is 8.78 Å². The summed E-state index contributed by atoms with van der Waals surface area (Å²) >= 11 is 6.40. The molecule has 3 aromatic rings. The van der Waals surface area contributed by atoms with Crippen molar-refractivity contribution in [3.63, 3.8) is 0 Å². The van der Waals surface area contributed by atoms with Gasteiger partial charge in [-0.15, -0.1) is 0 Å². The molecule has 0 saturated carbocycles. The number of benzene rings is 2. The van der Waals surface area contributed by atoms with E-state index in [1.807, 2.05) is 0 Å². The molecule has 3 heterocycles. The lowest BCUT2D eigenvalue weighted by molar-refractivity contribution is -0.191. The molecular weight excluding hydrogens is 570 g/mol. The van der Waals surface area contributed by atoms with Gasteiger partial charge >= 0.3 is 11.9 Å². The second-order valence-corrected chi connectivity index (χ2v) is 10.8. The molecular formula is C31H33ClF2N2O6. The van der Waals surface area contributed by atoms with Crippen LogP contribution in [-0.4, -0.2) is 61.2 Å². The summed E-state index contributed by atoms with van der Waals surface area (Å²) < 4.78 is 57.0. The zero-order chi connectivity index (χ0) is 30.0. The van der Waals surface area contributed by atoms with Crippen molar-refractivity contribution in [2.75, 3.05) is 33.9 Å². The quantitative estimate of drug-likeness (QED) is 0.288. The van der Waals surface area contributed by atoms with Crippen LogP contribution < -0.4 is 9.47 Å². The maximum atomic E-state index is 16.5. The third-order valence-electron chi connectivity index (χ3n) is 7.85. The number of nitrogens with zero attached hydrogens (tertiary/aromatic N) is 2. The van der Waals surface area contributed by atoms with Gasteiger partial charge in [0.15, 0.2) is 17.6 Å². The molecule has 0 aliphatic carbocycles. The number of fused-ring (bicyclic) bond motifs is 3. The second kappa shape index (κ2) is 12.3. The van der Waals surface area contributed by atoms with E-state index in [9.17, 15) is 9.59 Å². The smallest absolute Gasteiger partial charge is 0.355 e. The van der Waals surface area contributed by atoms with E-state index in [1.165, 1.54) is 20.3 Å². The molecule has 0 unspecified atom stereocenters. The van der Waals surface area contributed by atoms with Gasteiger partial charge in [-0.1, -0.05) is 23.7 Å². The Hall–Kier alpha value is -3.63. The molecule has 1 amide bonds. The highest BCUT2D eigenvalue weighted by molar-refractivity contribution is 6.30. The molecule has 0 radical (unpaired) electrons. The number of ether oxygens (including phenoxy) is 4. The molecule has 2 aliphatic rings. The number of aromatic nitrogens is 1. The molecule has 1 fully saturated rings. The SMILES string of the molecule is CCOC(=O)CC1CCN(C(=O)C(F)(F)[C@H]2O[C@H](c3cccc(OC)c3OC)c3cc(Cl)ccc3-n3cccc32)CC1. The fraction of sp³-hybridized carbons (Fsp3) is 0.419. The zero-order valence-corrected chi connectivity index (χ0v) is 24.4. The molecule has 8 nitrogen and oxygen atoms in total. The van der Waals surface area contributed by atoms with Crippen LogP contribution in [0.25, 0.3) is 5.69 Å². The van der Waals surface area contributed by atoms with Crippen molar-refractivity contribution in [2.24, 2.45) is 5.92 Å². The van der Waals surface area contributed by atoms with Gasteiger partial charge in [0.25, 0.3) is 5.91 Å². The summed E-state index contributed by atoms with van der Waals surface area (Å²) in [6, 6.07) is 13.4. The Bertz CT molecular complexity index is 1450. The molecule has 2 aliphatic heterocycles. The van der Waals surface area contributed by atoms with Crippen molar-refractivity contribution in [2.45, 2.75) is 44.3 Å². The predicted molar refractivity (Wildman–Crippen MR) is 151 cm³/mol. The lowest BCUT2D eigenvalue weighted by atomic mass is 9.93. The Balaban J connectivity index is 1.51. The van der Waals surface area contributed by atoms with E-state index in [0.29, 0.717) is 46.2 Å². The molecule has 11 heteroatoms. The molecule has 2 atom stereocenters. The lowest BCUT2D eigenvalue weighted by Crippen LogP contribution is -2.50. The van der Waals surface area contributed by atoms with Gasteiger partial charge in [0, 0.05) is 41.9 Å². The fourth-order valence-corrected chi connectivity index (χ4v) is 5.99. The van der Waals surface area contributed by atoms with Crippen LogP contribution in [0.15, 0.2) is 54.7 Å². The van der Waals surface area contributed by atoms with Crippen molar-refractivity contribution < 1.29 is 37.3 Å². The molecule has 0 N–H and O–H groups in total. The van der Waals surface area contributed by atoms with E-state index in [4.69, 9.17) is 30.5 Å². The van der Waals surface area contributed by atoms with Gasteiger partial charge in [0.1, 0.15) is 6.10 Å². The van der Waals surface area contributed by atoms with Crippen molar-refractivity contribution in [3.05, 3.63) is 76.6 Å². The highest BCUT2D eigenvalue weighted by atomic mass is 35.5.